The Morgan fingerprint density at radius 2 is 1.96 bits per heavy atom. The maximum atomic E-state index is 12.4. The molecule has 2 aromatic rings. The van der Waals surface area contributed by atoms with Gasteiger partial charge in [0.05, 0.1) is 0 Å². The van der Waals surface area contributed by atoms with Crippen molar-refractivity contribution in [3.05, 3.63) is 69.7 Å². The van der Waals surface area contributed by atoms with Crippen LogP contribution in [0.15, 0.2) is 53.0 Å². The minimum absolute atomic E-state index is 0.0941. The van der Waals surface area contributed by atoms with Crippen LogP contribution in [0.3, 0.4) is 0 Å². The number of rotatable bonds is 2. The predicted molar refractivity (Wildman–Crippen MR) is 94.2 cm³/mol. The van der Waals surface area contributed by atoms with Gasteiger partial charge in [-0.15, -0.1) is 0 Å². The zero-order valence-corrected chi connectivity index (χ0v) is 15.0. The van der Waals surface area contributed by atoms with Gasteiger partial charge in [-0.25, -0.2) is 4.79 Å². The Kier molecular flexibility index (Phi) is 4.44. The monoisotopic (exact) mass is 373 g/mol. The average molecular weight is 374 g/mol. The van der Waals surface area contributed by atoms with Gasteiger partial charge in [-0.1, -0.05) is 66.2 Å². The molecule has 3 rings (SSSR count). The molecule has 0 spiro atoms. The molecule has 0 radical (unpaired) electrons. The molecule has 0 aromatic heterocycles. The van der Waals surface area contributed by atoms with Gasteiger partial charge in [-0.3, -0.25) is 0 Å². The third kappa shape index (κ3) is 3.58. The predicted octanol–water partition coefficient (Wildman–Crippen LogP) is 4.88. The number of nitrogens with zero attached hydrogens (tertiary/aromatic N) is 1. The first-order valence-electron chi connectivity index (χ1n) is 7.70. The Morgan fingerprint density at radius 3 is 2.70 bits per heavy atom. The second-order valence-corrected chi connectivity index (χ2v) is 7.50. The Bertz CT molecular complexity index is 713. The van der Waals surface area contributed by atoms with Crippen LogP contribution in [-0.4, -0.2) is 17.5 Å². The fourth-order valence-electron chi connectivity index (χ4n) is 3.08. The lowest BCUT2D eigenvalue weighted by Crippen LogP contribution is -2.45. The molecule has 1 aliphatic heterocycles. The molecule has 0 N–H and O–H groups in total. The average Bonchev–Trinajstić information content (AvgIpc) is 2.53. The summed E-state index contributed by atoms with van der Waals surface area (Å²) in [6.45, 7) is 5.89. The second kappa shape index (κ2) is 6.36. The first-order valence-corrected chi connectivity index (χ1v) is 8.49. The third-order valence-corrected chi connectivity index (χ3v) is 4.70. The maximum Gasteiger partial charge on any atom is 0.410 e. The molecule has 0 aliphatic carbocycles. The Balaban J connectivity index is 1.72. The fraction of sp³-hybridized carbons (Fsp3) is 0.316. The van der Waals surface area contributed by atoms with Crippen molar-refractivity contribution in [2.75, 3.05) is 6.54 Å². The van der Waals surface area contributed by atoms with Crippen LogP contribution >= 0.6 is 15.9 Å². The minimum atomic E-state index is -0.254. The second-order valence-electron chi connectivity index (χ2n) is 6.58. The lowest BCUT2D eigenvalue weighted by molar-refractivity contribution is 0.0819. The van der Waals surface area contributed by atoms with Crippen LogP contribution in [0.5, 0.6) is 0 Å². The van der Waals surface area contributed by atoms with E-state index in [1.807, 2.05) is 36.4 Å². The summed E-state index contributed by atoms with van der Waals surface area (Å²) in [5, 5.41) is 0. The van der Waals surface area contributed by atoms with Crippen molar-refractivity contribution in [3.8, 4) is 0 Å². The molecule has 120 valence electrons. The van der Waals surface area contributed by atoms with Gasteiger partial charge in [0.15, 0.2) is 0 Å². The maximum absolute atomic E-state index is 12.4. The molecular weight excluding hydrogens is 354 g/mol. The van der Waals surface area contributed by atoms with Gasteiger partial charge >= 0.3 is 6.09 Å². The molecular formula is C19H20BrNO2. The summed E-state index contributed by atoms with van der Waals surface area (Å²) in [5.41, 5.74) is 3.38. The molecule has 1 amide bonds. The molecule has 4 heteroatoms. The Hall–Kier alpha value is -1.81. The molecule has 2 aromatic carbocycles. The number of carbonyl (C=O) groups is 1. The standard InChI is InChI=1S/C19H20BrNO2/c1-19(2)13-21(11-15-8-9-16(20)10-17(15)19)18(22)23-12-14-6-4-3-5-7-14/h3-10H,11-13H2,1-2H3. The van der Waals surface area contributed by atoms with E-state index in [-0.39, 0.29) is 11.5 Å². The zero-order chi connectivity index (χ0) is 16.4. The van der Waals surface area contributed by atoms with Gasteiger partial charge < -0.3 is 9.64 Å². The minimum Gasteiger partial charge on any atom is -0.445 e. The van der Waals surface area contributed by atoms with Crippen LogP contribution in [0.2, 0.25) is 0 Å². The normalized spacial score (nSPS) is 15.9. The molecule has 0 saturated heterocycles. The Labute approximate surface area is 145 Å². The van der Waals surface area contributed by atoms with Crippen LogP contribution in [0, 0.1) is 0 Å². The summed E-state index contributed by atoms with van der Waals surface area (Å²) in [7, 11) is 0. The summed E-state index contributed by atoms with van der Waals surface area (Å²) < 4.78 is 6.55. The number of carbonyl (C=O) groups excluding carboxylic acids is 1. The molecule has 3 nitrogen and oxygen atoms in total. The lowest BCUT2D eigenvalue weighted by atomic mass is 9.78. The van der Waals surface area contributed by atoms with Crippen LogP contribution in [0.25, 0.3) is 0 Å². The molecule has 0 saturated carbocycles. The highest BCUT2D eigenvalue weighted by molar-refractivity contribution is 9.10. The lowest BCUT2D eigenvalue weighted by Gasteiger charge is -2.39. The number of ether oxygens (including phenoxy) is 1. The number of hydrogen-bond donors (Lipinski definition) is 0. The number of halogens is 1. The van der Waals surface area contributed by atoms with E-state index in [2.05, 4.69) is 41.9 Å². The number of fused-ring (bicyclic) bond motifs is 1. The fourth-order valence-corrected chi connectivity index (χ4v) is 3.44. The van der Waals surface area contributed by atoms with Crippen molar-refractivity contribution in [2.24, 2.45) is 0 Å². The van der Waals surface area contributed by atoms with E-state index in [1.165, 1.54) is 11.1 Å². The van der Waals surface area contributed by atoms with E-state index in [9.17, 15) is 4.79 Å². The van der Waals surface area contributed by atoms with Crippen molar-refractivity contribution in [1.29, 1.82) is 0 Å². The van der Waals surface area contributed by atoms with Crippen molar-refractivity contribution in [2.45, 2.75) is 32.4 Å². The summed E-state index contributed by atoms with van der Waals surface area (Å²) >= 11 is 3.53. The first kappa shape index (κ1) is 16.1. The number of benzene rings is 2. The van der Waals surface area contributed by atoms with Gasteiger partial charge in [-0.05, 0) is 28.8 Å². The van der Waals surface area contributed by atoms with E-state index in [0.29, 0.717) is 19.7 Å². The Morgan fingerprint density at radius 1 is 1.22 bits per heavy atom. The highest BCUT2D eigenvalue weighted by Gasteiger charge is 2.34. The summed E-state index contributed by atoms with van der Waals surface area (Å²) in [6, 6.07) is 16.0. The van der Waals surface area contributed by atoms with Crippen LogP contribution in [0.4, 0.5) is 4.79 Å². The van der Waals surface area contributed by atoms with Gasteiger partial charge in [0.1, 0.15) is 6.61 Å². The van der Waals surface area contributed by atoms with Crippen LogP contribution < -0.4 is 0 Å². The van der Waals surface area contributed by atoms with Crippen molar-refractivity contribution >= 4 is 22.0 Å². The first-order chi connectivity index (χ1) is 11.0. The van der Waals surface area contributed by atoms with Gasteiger partial charge in [0.25, 0.3) is 0 Å². The van der Waals surface area contributed by atoms with E-state index in [0.717, 1.165) is 10.0 Å². The van der Waals surface area contributed by atoms with E-state index < -0.39 is 0 Å². The van der Waals surface area contributed by atoms with Crippen LogP contribution in [0.1, 0.15) is 30.5 Å². The molecule has 0 atom stereocenters. The highest BCUT2D eigenvalue weighted by Crippen LogP contribution is 2.35. The van der Waals surface area contributed by atoms with Gasteiger partial charge in [0, 0.05) is 23.0 Å². The molecule has 1 heterocycles. The summed E-state index contributed by atoms with van der Waals surface area (Å²) in [4.78, 5) is 14.2. The van der Waals surface area contributed by atoms with Gasteiger partial charge in [0.2, 0.25) is 0 Å². The van der Waals surface area contributed by atoms with Gasteiger partial charge in [-0.2, -0.15) is 0 Å². The quantitative estimate of drug-likeness (QED) is 0.750. The topological polar surface area (TPSA) is 29.5 Å². The molecule has 23 heavy (non-hydrogen) atoms. The SMILES string of the molecule is CC1(C)CN(C(=O)OCc2ccccc2)Cc2ccc(Br)cc21. The van der Waals surface area contributed by atoms with Crippen molar-refractivity contribution in [1.82, 2.24) is 4.90 Å². The highest BCUT2D eigenvalue weighted by atomic mass is 79.9. The molecule has 0 unspecified atom stereocenters. The van der Waals surface area contributed by atoms with Crippen LogP contribution in [-0.2, 0) is 23.3 Å². The van der Waals surface area contributed by atoms with E-state index in [4.69, 9.17) is 4.74 Å². The van der Waals surface area contributed by atoms with E-state index >= 15 is 0 Å². The third-order valence-electron chi connectivity index (χ3n) is 4.21. The summed E-state index contributed by atoms with van der Waals surface area (Å²) in [6.07, 6.45) is -0.254. The molecule has 0 fully saturated rings. The smallest absolute Gasteiger partial charge is 0.410 e. The summed E-state index contributed by atoms with van der Waals surface area (Å²) in [5.74, 6) is 0. The van der Waals surface area contributed by atoms with Crippen molar-refractivity contribution < 1.29 is 9.53 Å². The zero-order valence-electron chi connectivity index (χ0n) is 13.4. The molecule has 0 bridgehead atoms. The largest absolute Gasteiger partial charge is 0.445 e. The number of amides is 1. The van der Waals surface area contributed by atoms with Crippen molar-refractivity contribution in [3.63, 3.8) is 0 Å². The molecule has 1 aliphatic rings. The van der Waals surface area contributed by atoms with E-state index in [1.54, 1.807) is 4.90 Å². The number of hydrogen-bond acceptors (Lipinski definition) is 2.